The highest BCUT2D eigenvalue weighted by molar-refractivity contribution is 7.13. The second-order valence-corrected chi connectivity index (χ2v) is 4.47. The van der Waals surface area contributed by atoms with Crippen molar-refractivity contribution in [1.82, 2.24) is 19.7 Å². The van der Waals surface area contributed by atoms with E-state index in [1.807, 2.05) is 17.5 Å². The molecule has 0 aromatic carbocycles. The number of carbonyl (C=O) groups is 1. The summed E-state index contributed by atoms with van der Waals surface area (Å²) in [4.78, 5) is 20.2. The van der Waals surface area contributed by atoms with Crippen molar-refractivity contribution in [2.24, 2.45) is 0 Å². The van der Waals surface area contributed by atoms with Crippen LogP contribution in [-0.2, 0) is 0 Å². The molecule has 0 fully saturated rings. The van der Waals surface area contributed by atoms with Crippen LogP contribution in [0.1, 0.15) is 10.4 Å². The molecule has 0 bridgehead atoms. The van der Waals surface area contributed by atoms with E-state index in [0.29, 0.717) is 17.2 Å². The Kier molecular flexibility index (Phi) is 2.70. The Hall–Kier alpha value is -2.34. The Morgan fingerprint density at radius 2 is 2.06 bits per heavy atom. The molecule has 0 unspecified atom stereocenters. The van der Waals surface area contributed by atoms with Crippen molar-refractivity contribution < 1.29 is 4.79 Å². The fourth-order valence-corrected chi connectivity index (χ4v) is 2.32. The van der Waals surface area contributed by atoms with Crippen molar-refractivity contribution in [2.75, 3.05) is 0 Å². The van der Waals surface area contributed by atoms with E-state index >= 15 is 0 Å². The third-order valence-electron chi connectivity index (χ3n) is 2.38. The Bertz CT molecular complexity index is 661. The van der Waals surface area contributed by atoms with Gasteiger partial charge in [-0.05, 0) is 17.5 Å². The molecule has 3 aromatic heterocycles. The van der Waals surface area contributed by atoms with Crippen molar-refractivity contribution in [3.05, 3.63) is 47.7 Å². The minimum Gasteiger partial charge on any atom is -0.298 e. The van der Waals surface area contributed by atoms with Gasteiger partial charge >= 0.3 is 0 Å². The van der Waals surface area contributed by atoms with E-state index in [2.05, 4.69) is 15.1 Å². The lowest BCUT2D eigenvalue weighted by atomic mass is 10.2. The molecule has 0 N–H and O–H groups in total. The smallest absolute Gasteiger partial charge is 0.250 e. The summed E-state index contributed by atoms with van der Waals surface area (Å²) in [5, 5.41) is 6.31. The zero-order valence-electron chi connectivity index (χ0n) is 9.22. The molecule has 0 aliphatic carbocycles. The summed E-state index contributed by atoms with van der Waals surface area (Å²) in [7, 11) is 0. The fourth-order valence-electron chi connectivity index (χ4n) is 1.59. The van der Waals surface area contributed by atoms with E-state index in [0.717, 1.165) is 11.2 Å². The molecule has 0 saturated heterocycles. The van der Waals surface area contributed by atoms with Gasteiger partial charge in [0.2, 0.25) is 5.95 Å². The molecular formula is C12H8N4OS. The predicted octanol–water partition coefficient (Wildman–Crippen LogP) is 2.20. The van der Waals surface area contributed by atoms with Crippen molar-refractivity contribution in [3.8, 4) is 16.5 Å². The van der Waals surface area contributed by atoms with E-state index in [1.165, 1.54) is 16.0 Å². The van der Waals surface area contributed by atoms with Gasteiger partial charge in [0.25, 0.3) is 0 Å². The predicted molar refractivity (Wildman–Crippen MR) is 67.9 cm³/mol. The molecule has 3 aromatic rings. The summed E-state index contributed by atoms with van der Waals surface area (Å²) in [5.41, 5.74) is 1.19. The van der Waals surface area contributed by atoms with Crippen molar-refractivity contribution in [3.63, 3.8) is 0 Å². The second-order valence-electron chi connectivity index (χ2n) is 3.52. The molecule has 0 aliphatic heterocycles. The van der Waals surface area contributed by atoms with E-state index in [1.54, 1.807) is 24.7 Å². The van der Waals surface area contributed by atoms with Gasteiger partial charge in [0.15, 0.2) is 6.29 Å². The summed E-state index contributed by atoms with van der Waals surface area (Å²) in [5.74, 6) is 0.448. The van der Waals surface area contributed by atoms with Crippen LogP contribution in [0.25, 0.3) is 16.5 Å². The third kappa shape index (κ3) is 1.82. The minimum absolute atomic E-state index is 0.448. The topological polar surface area (TPSA) is 60.7 Å². The number of nitrogens with zero attached hydrogens (tertiary/aromatic N) is 4. The van der Waals surface area contributed by atoms with Gasteiger partial charge < -0.3 is 0 Å². The van der Waals surface area contributed by atoms with Gasteiger partial charge in [0.05, 0.1) is 10.4 Å². The lowest BCUT2D eigenvalue weighted by Crippen LogP contribution is -2.00. The summed E-state index contributed by atoms with van der Waals surface area (Å²) in [6.45, 7) is 0. The van der Waals surface area contributed by atoms with E-state index in [4.69, 9.17) is 0 Å². The molecule has 18 heavy (non-hydrogen) atoms. The van der Waals surface area contributed by atoms with Crippen LogP contribution >= 0.6 is 11.3 Å². The van der Waals surface area contributed by atoms with Crippen molar-refractivity contribution >= 4 is 17.6 Å². The van der Waals surface area contributed by atoms with Crippen LogP contribution in [0.5, 0.6) is 0 Å². The van der Waals surface area contributed by atoms with Crippen LogP contribution in [0, 0.1) is 0 Å². The summed E-state index contributed by atoms with van der Waals surface area (Å²) >= 11 is 1.54. The molecule has 0 radical (unpaired) electrons. The molecule has 0 spiro atoms. The van der Waals surface area contributed by atoms with Crippen LogP contribution in [0.15, 0.2) is 42.2 Å². The average molecular weight is 256 g/mol. The van der Waals surface area contributed by atoms with Gasteiger partial charge in [-0.25, -0.2) is 14.6 Å². The normalized spacial score (nSPS) is 10.4. The van der Waals surface area contributed by atoms with E-state index < -0.39 is 0 Å². The molecule has 0 saturated carbocycles. The number of carbonyl (C=O) groups excluding carboxylic acids is 1. The van der Waals surface area contributed by atoms with Crippen molar-refractivity contribution in [2.45, 2.75) is 0 Å². The maximum atomic E-state index is 11.1. The number of aldehydes is 1. The molecule has 3 heterocycles. The standard InChI is InChI=1S/C12H8N4OS/c17-8-9-7-16(12-13-4-2-5-14-12)15-11(9)10-3-1-6-18-10/h1-8H. The molecule has 0 atom stereocenters. The van der Waals surface area contributed by atoms with E-state index in [9.17, 15) is 4.79 Å². The molecular weight excluding hydrogens is 248 g/mol. The SMILES string of the molecule is O=Cc1cn(-c2ncccn2)nc1-c1cccs1. The van der Waals surface area contributed by atoms with Crippen LogP contribution < -0.4 is 0 Å². The Balaban J connectivity index is 2.12. The zero-order valence-corrected chi connectivity index (χ0v) is 10.0. The maximum absolute atomic E-state index is 11.1. The van der Waals surface area contributed by atoms with Gasteiger partial charge in [0.1, 0.15) is 5.69 Å². The molecule has 3 rings (SSSR count). The highest BCUT2D eigenvalue weighted by atomic mass is 32.1. The first-order chi connectivity index (χ1) is 8.88. The maximum Gasteiger partial charge on any atom is 0.250 e. The Morgan fingerprint density at radius 3 is 2.72 bits per heavy atom. The molecule has 0 aliphatic rings. The zero-order chi connectivity index (χ0) is 12.4. The van der Waals surface area contributed by atoms with Crippen LogP contribution in [0.3, 0.4) is 0 Å². The number of hydrogen-bond acceptors (Lipinski definition) is 5. The summed E-state index contributed by atoms with van der Waals surface area (Å²) < 4.78 is 1.51. The van der Waals surface area contributed by atoms with E-state index in [-0.39, 0.29) is 0 Å². The van der Waals surface area contributed by atoms with Gasteiger partial charge in [0, 0.05) is 18.6 Å². The lowest BCUT2D eigenvalue weighted by molar-refractivity contribution is 0.112. The Labute approximate surface area is 107 Å². The van der Waals surface area contributed by atoms with Gasteiger partial charge in [-0.3, -0.25) is 4.79 Å². The first kappa shape index (κ1) is 10.8. The van der Waals surface area contributed by atoms with Gasteiger partial charge in [-0.1, -0.05) is 6.07 Å². The molecule has 0 amide bonds. The van der Waals surface area contributed by atoms with Crippen LogP contribution in [0.4, 0.5) is 0 Å². The average Bonchev–Trinajstić information content (AvgIpc) is 3.08. The minimum atomic E-state index is 0.448. The largest absolute Gasteiger partial charge is 0.298 e. The number of thiophene rings is 1. The summed E-state index contributed by atoms with van der Waals surface area (Å²) in [6, 6.07) is 5.58. The highest BCUT2D eigenvalue weighted by Gasteiger charge is 2.13. The number of rotatable bonds is 3. The summed E-state index contributed by atoms with van der Waals surface area (Å²) in [6.07, 6.45) is 5.70. The number of hydrogen-bond donors (Lipinski definition) is 0. The van der Waals surface area contributed by atoms with Crippen molar-refractivity contribution in [1.29, 1.82) is 0 Å². The van der Waals surface area contributed by atoms with Gasteiger partial charge in [-0.2, -0.15) is 5.10 Å². The first-order valence-electron chi connectivity index (χ1n) is 5.24. The monoisotopic (exact) mass is 256 g/mol. The van der Waals surface area contributed by atoms with Crippen LogP contribution in [-0.4, -0.2) is 26.0 Å². The second kappa shape index (κ2) is 4.50. The lowest BCUT2D eigenvalue weighted by Gasteiger charge is -1.96. The van der Waals surface area contributed by atoms with Gasteiger partial charge in [-0.15, -0.1) is 11.3 Å². The fraction of sp³-hybridized carbons (Fsp3) is 0. The molecule has 88 valence electrons. The quantitative estimate of drug-likeness (QED) is 0.674. The highest BCUT2D eigenvalue weighted by Crippen LogP contribution is 2.26. The van der Waals surface area contributed by atoms with Crippen LogP contribution in [0.2, 0.25) is 0 Å². The first-order valence-corrected chi connectivity index (χ1v) is 6.12. The Morgan fingerprint density at radius 1 is 1.22 bits per heavy atom. The molecule has 5 nitrogen and oxygen atoms in total. The number of aromatic nitrogens is 4. The third-order valence-corrected chi connectivity index (χ3v) is 3.26. The molecule has 6 heteroatoms.